The number of ether oxygens (including phenoxy) is 2. The van der Waals surface area contributed by atoms with Crippen LogP contribution in [0.25, 0.3) is 0 Å². The molecule has 1 aromatic carbocycles. The van der Waals surface area contributed by atoms with Crippen LogP contribution in [0, 0.1) is 6.92 Å². The molecule has 5 heteroatoms. The minimum atomic E-state index is -0.491. The molecule has 0 aliphatic heterocycles. The van der Waals surface area contributed by atoms with Crippen LogP contribution in [-0.2, 0) is 9.53 Å². The zero-order valence-electron chi connectivity index (χ0n) is 13.9. The molecule has 0 aromatic heterocycles. The zero-order chi connectivity index (χ0) is 16.7. The number of benzene rings is 1. The molecule has 0 atom stereocenters. The highest BCUT2D eigenvalue weighted by molar-refractivity contribution is 5.91. The molecule has 1 aliphatic rings. The van der Waals surface area contributed by atoms with Crippen molar-refractivity contribution in [2.45, 2.75) is 52.0 Å². The minimum absolute atomic E-state index is 0.225. The molecular weight excluding hydrogens is 294 g/mol. The Hall–Kier alpha value is -2.04. The number of carbonyl (C=O) groups excluding carboxylic acids is 2. The van der Waals surface area contributed by atoms with E-state index in [1.54, 1.807) is 18.2 Å². The third kappa shape index (κ3) is 5.27. The lowest BCUT2D eigenvalue weighted by atomic mass is 9.95. The van der Waals surface area contributed by atoms with E-state index < -0.39 is 5.97 Å². The van der Waals surface area contributed by atoms with Gasteiger partial charge in [-0.25, -0.2) is 4.79 Å². The van der Waals surface area contributed by atoms with Gasteiger partial charge in [-0.2, -0.15) is 0 Å². The van der Waals surface area contributed by atoms with Crippen molar-refractivity contribution in [1.82, 2.24) is 5.32 Å². The summed E-state index contributed by atoms with van der Waals surface area (Å²) in [6.07, 6.45) is 5.56. The third-order valence-electron chi connectivity index (χ3n) is 4.02. The van der Waals surface area contributed by atoms with Crippen molar-refractivity contribution in [2.24, 2.45) is 0 Å². The fraction of sp³-hybridized carbons (Fsp3) is 0.556. The van der Waals surface area contributed by atoms with Crippen LogP contribution in [0.1, 0.15) is 54.9 Å². The Bertz CT molecular complexity index is 550. The molecule has 1 saturated carbocycles. The molecule has 1 aromatic rings. The summed E-state index contributed by atoms with van der Waals surface area (Å²) in [4.78, 5) is 23.9. The monoisotopic (exact) mass is 319 g/mol. The predicted octanol–water partition coefficient (Wildman–Crippen LogP) is 3.00. The van der Waals surface area contributed by atoms with Crippen molar-refractivity contribution >= 4 is 11.9 Å². The summed E-state index contributed by atoms with van der Waals surface area (Å²) in [5.74, 6) is 0.0296. The first-order valence-corrected chi connectivity index (χ1v) is 8.30. The summed E-state index contributed by atoms with van der Waals surface area (Å²) in [6.45, 7) is 4.12. The molecule has 1 aliphatic carbocycles. The van der Waals surface area contributed by atoms with E-state index >= 15 is 0 Å². The molecule has 5 nitrogen and oxygen atoms in total. The first kappa shape index (κ1) is 17.3. The molecule has 1 N–H and O–H groups in total. The summed E-state index contributed by atoms with van der Waals surface area (Å²) in [5, 5.41) is 2.93. The van der Waals surface area contributed by atoms with Gasteiger partial charge in [0.05, 0.1) is 12.2 Å². The topological polar surface area (TPSA) is 64.6 Å². The normalized spacial score (nSPS) is 15.0. The molecule has 0 unspecified atom stereocenters. The van der Waals surface area contributed by atoms with Gasteiger partial charge in [-0.1, -0.05) is 19.3 Å². The average Bonchev–Trinajstić information content (AvgIpc) is 2.55. The molecule has 2 rings (SSSR count). The van der Waals surface area contributed by atoms with Crippen LogP contribution in [0.4, 0.5) is 0 Å². The smallest absolute Gasteiger partial charge is 0.338 e. The highest BCUT2D eigenvalue weighted by Gasteiger charge is 2.17. The predicted molar refractivity (Wildman–Crippen MR) is 87.6 cm³/mol. The fourth-order valence-corrected chi connectivity index (χ4v) is 2.82. The van der Waals surface area contributed by atoms with Crippen LogP contribution in [0.15, 0.2) is 18.2 Å². The van der Waals surface area contributed by atoms with Gasteiger partial charge in [-0.15, -0.1) is 0 Å². The van der Waals surface area contributed by atoms with Gasteiger partial charge in [-0.05, 0) is 50.5 Å². The van der Waals surface area contributed by atoms with Gasteiger partial charge in [0.2, 0.25) is 0 Å². The van der Waals surface area contributed by atoms with Gasteiger partial charge < -0.3 is 14.8 Å². The maximum Gasteiger partial charge on any atom is 0.338 e. The molecule has 126 valence electrons. The lowest BCUT2D eigenvalue weighted by Gasteiger charge is -2.22. The Morgan fingerprint density at radius 1 is 1.22 bits per heavy atom. The van der Waals surface area contributed by atoms with Crippen LogP contribution < -0.4 is 10.1 Å². The molecule has 23 heavy (non-hydrogen) atoms. The van der Waals surface area contributed by atoms with Crippen LogP contribution in [-0.4, -0.2) is 31.1 Å². The highest BCUT2D eigenvalue weighted by atomic mass is 16.5. The Morgan fingerprint density at radius 3 is 2.61 bits per heavy atom. The largest absolute Gasteiger partial charge is 0.494 e. The van der Waals surface area contributed by atoms with Gasteiger partial charge in [0.25, 0.3) is 5.91 Å². The maximum absolute atomic E-state index is 12.0. The second-order valence-electron chi connectivity index (χ2n) is 5.89. The molecule has 1 fully saturated rings. The highest BCUT2D eigenvalue weighted by Crippen LogP contribution is 2.20. The van der Waals surface area contributed by atoms with Gasteiger partial charge in [0.1, 0.15) is 5.75 Å². The molecule has 0 radical (unpaired) electrons. The first-order valence-electron chi connectivity index (χ1n) is 8.30. The van der Waals surface area contributed by atoms with Crippen molar-refractivity contribution in [3.8, 4) is 5.75 Å². The molecular formula is C18H25NO4. The van der Waals surface area contributed by atoms with Gasteiger partial charge in [-0.3, -0.25) is 4.79 Å². The SMILES string of the molecule is CCOc1ccc(C(=O)OCC(=O)NC2CCCCC2)cc1C. The number of nitrogens with one attached hydrogen (secondary N) is 1. The van der Waals surface area contributed by atoms with E-state index in [1.165, 1.54) is 6.42 Å². The maximum atomic E-state index is 12.0. The lowest BCUT2D eigenvalue weighted by Crippen LogP contribution is -2.38. The summed E-state index contributed by atoms with van der Waals surface area (Å²) in [7, 11) is 0. The van der Waals surface area contributed by atoms with E-state index in [9.17, 15) is 9.59 Å². The number of carbonyl (C=O) groups is 2. The van der Waals surface area contributed by atoms with E-state index in [0.29, 0.717) is 12.2 Å². The van der Waals surface area contributed by atoms with Crippen molar-refractivity contribution in [3.05, 3.63) is 29.3 Å². The lowest BCUT2D eigenvalue weighted by molar-refractivity contribution is -0.125. The van der Waals surface area contributed by atoms with Gasteiger partial charge in [0.15, 0.2) is 6.61 Å². The number of esters is 1. The van der Waals surface area contributed by atoms with Crippen molar-refractivity contribution in [3.63, 3.8) is 0 Å². The van der Waals surface area contributed by atoms with Crippen LogP contribution in [0.2, 0.25) is 0 Å². The number of hydrogen-bond donors (Lipinski definition) is 1. The first-order chi connectivity index (χ1) is 11.1. The number of rotatable bonds is 6. The Morgan fingerprint density at radius 2 is 1.96 bits per heavy atom. The van der Waals surface area contributed by atoms with E-state index in [1.807, 2.05) is 13.8 Å². The van der Waals surface area contributed by atoms with Gasteiger partial charge >= 0.3 is 5.97 Å². The van der Waals surface area contributed by atoms with Crippen molar-refractivity contribution < 1.29 is 19.1 Å². The molecule has 0 heterocycles. The Balaban J connectivity index is 1.81. The molecule has 1 amide bonds. The Kier molecular flexibility index (Phi) is 6.44. The second kappa shape index (κ2) is 8.56. The van der Waals surface area contributed by atoms with Gasteiger partial charge in [0, 0.05) is 6.04 Å². The molecule has 0 spiro atoms. The van der Waals surface area contributed by atoms with E-state index in [0.717, 1.165) is 37.0 Å². The number of amides is 1. The summed E-state index contributed by atoms with van der Waals surface area (Å²) in [6, 6.07) is 5.34. The summed E-state index contributed by atoms with van der Waals surface area (Å²) in [5.41, 5.74) is 1.30. The van der Waals surface area contributed by atoms with Crippen LogP contribution >= 0.6 is 0 Å². The van der Waals surface area contributed by atoms with E-state index in [-0.39, 0.29) is 18.6 Å². The van der Waals surface area contributed by atoms with Crippen LogP contribution in [0.3, 0.4) is 0 Å². The quantitative estimate of drug-likeness (QED) is 0.819. The summed E-state index contributed by atoms with van der Waals surface area (Å²) < 4.78 is 10.5. The third-order valence-corrected chi connectivity index (χ3v) is 4.02. The zero-order valence-corrected chi connectivity index (χ0v) is 13.9. The number of hydrogen-bond acceptors (Lipinski definition) is 4. The second-order valence-corrected chi connectivity index (χ2v) is 5.89. The van der Waals surface area contributed by atoms with E-state index in [4.69, 9.17) is 9.47 Å². The summed E-state index contributed by atoms with van der Waals surface area (Å²) >= 11 is 0. The average molecular weight is 319 g/mol. The fourth-order valence-electron chi connectivity index (χ4n) is 2.82. The molecule has 0 saturated heterocycles. The standard InChI is InChI=1S/C18H25NO4/c1-3-22-16-10-9-14(11-13(16)2)18(21)23-12-17(20)19-15-7-5-4-6-8-15/h9-11,15H,3-8,12H2,1-2H3,(H,19,20). The van der Waals surface area contributed by atoms with Crippen LogP contribution in [0.5, 0.6) is 5.75 Å². The van der Waals surface area contributed by atoms with Crippen molar-refractivity contribution in [2.75, 3.05) is 13.2 Å². The Labute approximate surface area is 137 Å². The number of aryl methyl sites for hydroxylation is 1. The minimum Gasteiger partial charge on any atom is -0.494 e. The van der Waals surface area contributed by atoms with Crippen molar-refractivity contribution in [1.29, 1.82) is 0 Å². The van der Waals surface area contributed by atoms with E-state index in [2.05, 4.69) is 5.32 Å². The molecule has 0 bridgehead atoms.